The van der Waals surface area contributed by atoms with Gasteiger partial charge in [0.1, 0.15) is 35.4 Å². The van der Waals surface area contributed by atoms with Gasteiger partial charge < -0.3 is 35.8 Å². The van der Waals surface area contributed by atoms with Gasteiger partial charge >= 0.3 is 18.2 Å². The first-order valence-corrected chi connectivity index (χ1v) is 18.9. The number of carboxylic acid groups (broad SMARTS) is 1. The largest absolute Gasteiger partial charge is 0.480 e. The fourth-order valence-electron chi connectivity index (χ4n) is 6.08. The Hall–Kier alpha value is -5.14. The molecule has 2 aromatic carbocycles. The monoisotopic (exact) mass is 765 g/mol. The molecule has 0 spiro atoms. The number of nitrogens with one attached hydrogen (secondary N) is 4. The van der Waals surface area contributed by atoms with Crippen molar-refractivity contribution >= 4 is 35.9 Å². The molecule has 5 N–H and O–H groups in total. The van der Waals surface area contributed by atoms with Crippen LogP contribution in [0.2, 0.25) is 0 Å². The van der Waals surface area contributed by atoms with E-state index >= 15 is 0 Å². The van der Waals surface area contributed by atoms with Crippen molar-refractivity contribution in [2.45, 2.75) is 136 Å². The molecule has 0 bridgehead atoms. The van der Waals surface area contributed by atoms with Gasteiger partial charge in [-0.25, -0.2) is 14.4 Å². The van der Waals surface area contributed by atoms with Crippen molar-refractivity contribution in [3.8, 4) is 0 Å². The van der Waals surface area contributed by atoms with Crippen molar-refractivity contribution in [1.29, 1.82) is 0 Å². The van der Waals surface area contributed by atoms with E-state index in [1.54, 1.807) is 41.5 Å². The van der Waals surface area contributed by atoms with E-state index in [2.05, 4.69) is 21.3 Å². The molecule has 3 rings (SSSR count). The van der Waals surface area contributed by atoms with E-state index < -0.39 is 71.2 Å². The maximum atomic E-state index is 14.1. The molecule has 14 nitrogen and oxygen atoms in total. The minimum absolute atomic E-state index is 0.0647. The van der Waals surface area contributed by atoms with Gasteiger partial charge in [-0.2, -0.15) is 0 Å². The van der Waals surface area contributed by atoms with Crippen LogP contribution >= 0.6 is 0 Å². The van der Waals surface area contributed by atoms with E-state index in [0.717, 1.165) is 16.7 Å². The Labute approximate surface area is 324 Å². The zero-order valence-electron chi connectivity index (χ0n) is 33.4. The van der Waals surface area contributed by atoms with E-state index in [0.29, 0.717) is 12.8 Å². The number of alkyl carbamates (subject to hydrolysis) is 1. The smallest absolute Gasteiger partial charge is 0.411 e. The number of carbonyl (C=O) groups excluding carboxylic acids is 5. The molecule has 5 amide bonds. The molecule has 1 aliphatic heterocycles. The molecule has 0 saturated heterocycles. The molecule has 1 heterocycles. The number of aliphatic carboxylic acids is 1. The van der Waals surface area contributed by atoms with Crippen molar-refractivity contribution < 1.29 is 43.3 Å². The summed E-state index contributed by atoms with van der Waals surface area (Å²) < 4.78 is 10.9. The van der Waals surface area contributed by atoms with Crippen LogP contribution in [0.1, 0.15) is 97.8 Å². The minimum atomic E-state index is -1.24. The predicted molar refractivity (Wildman–Crippen MR) is 207 cm³/mol. The van der Waals surface area contributed by atoms with Crippen molar-refractivity contribution in [3.05, 3.63) is 71.3 Å². The van der Waals surface area contributed by atoms with Crippen molar-refractivity contribution in [3.63, 3.8) is 0 Å². The van der Waals surface area contributed by atoms with Crippen molar-refractivity contribution in [2.75, 3.05) is 6.54 Å². The van der Waals surface area contributed by atoms with Gasteiger partial charge in [-0.1, -0.05) is 68.4 Å². The molecule has 0 aromatic heterocycles. The maximum absolute atomic E-state index is 14.1. The van der Waals surface area contributed by atoms with Crippen LogP contribution in [-0.4, -0.2) is 87.8 Å². The Balaban J connectivity index is 1.77. The summed E-state index contributed by atoms with van der Waals surface area (Å²) in [6.45, 7) is 14.6. The number of benzene rings is 2. The van der Waals surface area contributed by atoms with E-state index in [1.165, 1.54) is 4.90 Å². The molecule has 14 heteroatoms. The maximum Gasteiger partial charge on any atom is 0.411 e. The molecule has 302 valence electrons. The second kappa shape index (κ2) is 20.0. The lowest BCUT2D eigenvalue weighted by Gasteiger charge is -2.37. The lowest BCUT2D eigenvalue weighted by molar-refractivity contribution is -0.142. The fraction of sp³-hybridized carbons (Fsp3) is 0.561. The number of carboxylic acids is 1. The van der Waals surface area contributed by atoms with Gasteiger partial charge in [0, 0.05) is 19.4 Å². The third-order valence-corrected chi connectivity index (χ3v) is 8.64. The molecule has 55 heavy (non-hydrogen) atoms. The molecule has 0 radical (unpaired) electrons. The van der Waals surface area contributed by atoms with Gasteiger partial charge in [0.2, 0.25) is 17.7 Å². The summed E-state index contributed by atoms with van der Waals surface area (Å²) >= 11 is 0. The summed E-state index contributed by atoms with van der Waals surface area (Å²) in [4.78, 5) is 80.7. The third kappa shape index (κ3) is 15.3. The lowest BCUT2D eigenvalue weighted by atomic mass is 9.93. The van der Waals surface area contributed by atoms with E-state index in [9.17, 15) is 33.9 Å². The van der Waals surface area contributed by atoms with Crippen molar-refractivity contribution in [1.82, 2.24) is 26.2 Å². The summed E-state index contributed by atoms with van der Waals surface area (Å²) in [5, 5.41) is 20.8. The number of unbranched alkanes of at least 4 members (excludes halogenated alkanes) is 1. The molecule has 2 aromatic rings. The van der Waals surface area contributed by atoms with Crippen LogP contribution in [0.25, 0.3) is 0 Å². The highest BCUT2D eigenvalue weighted by molar-refractivity contribution is 5.95. The van der Waals surface area contributed by atoms with E-state index in [4.69, 9.17) is 9.47 Å². The van der Waals surface area contributed by atoms with Gasteiger partial charge in [-0.15, -0.1) is 0 Å². The molecular weight excluding hydrogens is 706 g/mol. The fourth-order valence-corrected chi connectivity index (χ4v) is 6.08. The van der Waals surface area contributed by atoms with Gasteiger partial charge in [0.25, 0.3) is 0 Å². The summed E-state index contributed by atoms with van der Waals surface area (Å²) in [6, 6.07) is 12.1. The Morgan fingerprint density at radius 3 is 1.95 bits per heavy atom. The van der Waals surface area contributed by atoms with Gasteiger partial charge in [-0.3, -0.25) is 19.3 Å². The summed E-state index contributed by atoms with van der Waals surface area (Å²) in [7, 11) is 0. The lowest BCUT2D eigenvalue weighted by Crippen LogP contribution is -2.60. The first-order valence-electron chi connectivity index (χ1n) is 18.9. The first-order chi connectivity index (χ1) is 25.7. The number of nitrogens with zero attached hydrogens (tertiary/aromatic N) is 1. The number of hydrogen-bond acceptors (Lipinski definition) is 8. The van der Waals surface area contributed by atoms with Crippen LogP contribution in [0, 0.1) is 5.92 Å². The standard InChI is InChI=1S/C41H59N5O9/c1-26(2)22-31(34(47)43-30(37(50)51)20-14-15-21-42-38(52)54-40(3,4)5)44-35(48)32(23-27-16-10-9-11-17-27)45-36(49)33-24-28-18-12-13-19-29(28)25-46(33)39(53)55-41(6,7)8/h9-13,16-19,26,30-33H,14-15,20-25H2,1-8H3,(H,42,52)(H,43,47)(H,44,48)(H,45,49)(H,50,51)/t30-,31-,32-,33-/m1/s1. The highest BCUT2D eigenvalue weighted by Crippen LogP contribution is 2.26. The minimum Gasteiger partial charge on any atom is -0.480 e. The average Bonchev–Trinajstić information content (AvgIpc) is 3.08. The molecule has 0 saturated carbocycles. The van der Waals surface area contributed by atoms with Gasteiger partial charge in [0.05, 0.1) is 6.54 Å². The first kappa shape index (κ1) is 44.3. The predicted octanol–water partition coefficient (Wildman–Crippen LogP) is 4.87. The van der Waals surface area contributed by atoms with Crippen molar-refractivity contribution in [2.24, 2.45) is 5.92 Å². The van der Waals surface area contributed by atoms with Gasteiger partial charge in [0.15, 0.2) is 0 Å². The molecule has 0 unspecified atom stereocenters. The number of rotatable bonds is 16. The number of amides is 5. The van der Waals surface area contributed by atoms with Crippen LogP contribution in [0.5, 0.6) is 0 Å². The molecule has 0 aliphatic carbocycles. The summed E-state index contributed by atoms with van der Waals surface area (Å²) in [5.74, 6) is -3.18. The molecule has 0 fully saturated rings. The van der Waals surface area contributed by atoms with Crippen LogP contribution in [0.4, 0.5) is 9.59 Å². The molecule has 1 aliphatic rings. The topological polar surface area (TPSA) is 192 Å². The Bertz CT molecular complexity index is 1630. The number of carbonyl (C=O) groups is 6. The zero-order valence-corrected chi connectivity index (χ0v) is 33.4. The summed E-state index contributed by atoms with van der Waals surface area (Å²) in [6.07, 6.45) is 0.162. The number of fused-ring (bicyclic) bond motifs is 1. The zero-order chi connectivity index (χ0) is 40.9. The molecule has 4 atom stereocenters. The summed E-state index contributed by atoms with van der Waals surface area (Å²) in [5.41, 5.74) is 1.07. The quantitative estimate of drug-likeness (QED) is 0.148. The Kier molecular flexibility index (Phi) is 16.1. The second-order valence-corrected chi connectivity index (χ2v) is 16.4. The average molecular weight is 766 g/mol. The molecular formula is C41H59N5O9. The SMILES string of the molecule is CC(C)C[C@@H](NC(=O)[C@@H](Cc1ccccc1)NC(=O)[C@H]1Cc2ccccc2CN1C(=O)OC(C)(C)C)C(=O)N[C@H](CCCCNC(=O)OC(C)(C)C)C(=O)O. The van der Waals surface area contributed by atoms with Gasteiger partial charge in [-0.05, 0) is 89.8 Å². The Morgan fingerprint density at radius 1 is 0.764 bits per heavy atom. The highest BCUT2D eigenvalue weighted by Gasteiger charge is 2.39. The van der Waals surface area contributed by atoms with Crippen LogP contribution in [-0.2, 0) is 48.0 Å². The van der Waals surface area contributed by atoms with Crippen LogP contribution < -0.4 is 21.3 Å². The highest BCUT2D eigenvalue weighted by atomic mass is 16.6. The van der Waals surface area contributed by atoms with Crippen LogP contribution in [0.3, 0.4) is 0 Å². The Morgan fingerprint density at radius 2 is 1.35 bits per heavy atom. The van der Waals surface area contributed by atoms with Crippen LogP contribution in [0.15, 0.2) is 54.6 Å². The number of hydrogen-bond donors (Lipinski definition) is 5. The second-order valence-electron chi connectivity index (χ2n) is 16.4. The normalized spacial score (nSPS) is 15.8. The van der Waals surface area contributed by atoms with E-state index in [1.807, 2.05) is 68.4 Å². The number of ether oxygens (including phenoxy) is 2. The van der Waals surface area contributed by atoms with E-state index in [-0.39, 0.29) is 44.7 Å². The third-order valence-electron chi connectivity index (χ3n) is 8.64.